The van der Waals surface area contributed by atoms with Crippen LogP contribution >= 0.6 is 0 Å². The fourth-order valence-electron chi connectivity index (χ4n) is 2.49. The minimum absolute atomic E-state index is 0.0298. The van der Waals surface area contributed by atoms with Gasteiger partial charge in [0.15, 0.2) is 0 Å². The van der Waals surface area contributed by atoms with Crippen LogP contribution in [0.1, 0.15) is 33.1 Å². The number of hydrogen-bond acceptors (Lipinski definition) is 3. The lowest BCUT2D eigenvalue weighted by molar-refractivity contribution is -0.121. The molecule has 2 aliphatic rings. The Morgan fingerprint density at radius 3 is 2.88 bits per heavy atom. The maximum absolute atomic E-state index is 12.0. The number of nitrogens with one attached hydrogen (secondary N) is 1. The van der Waals surface area contributed by atoms with Gasteiger partial charge in [-0.15, -0.1) is 0 Å². The van der Waals surface area contributed by atoms with Crippen LogP contribution in [0.4, 0.5) is 4.79 Å². The molecule has 2 rings (SSSR count). The zero-order valence-electron chi connectivity index (χ0n) is 10.4. The van der Waals surface area contributed by atoms with Crippen LogP contribution in [0.15, 0.2) is 0 Å². The van der Waals surface area contributed by atoms with Crippen LogP contribution in [0.25, 0.3) is 0 Å². The van der Waals surface area contributed by atoms with Gasteiger partial charge < -0.3 is 10.1 Å². The van der Waals surface area contributed by atoms with Crippen molar-refractivity contribution in [1.82, 2.24) is 10.2 Å². The molecule has 5 nitrogen and oxygen atoms in total. The smallest absolute Gasteiger partial charge is 0.410 e. The highest BCUT2D eigenvalue weighted by molar-refractivity contribution is 5.79. The molecule has 0 aromatic heterocycles. The van der Waals surface area contributed by atoms with Gasteiger partial charge in [0.1, 0.15) is 0 Å². The first kappa shape index (κ1) is 12.2. The summed E-state index contributed by atoms with van der Waals surface area (Å²) in [5, 5.41) is 2.84. The highest BCUT2D eigenvalue weighted by atomic mass is 16.6. The van der Waals surface area contributed by atoms with Gasteiger partial charge >= 0.3 is 6.09 Å². The van der Waals surface area contributed by atoms with Gasteiger partial charge in [-0.3, -0.25) is 9.69 Å². The number of ether oxygens (including phenoxy) is 1. The summed E-state index contributed by atoms with van der Waals surface area (Å²) in [6, 6.07) is 0.147. The first-order valence-electron chi connectivity index (χ1n) is 6.29. The standard InChI is InChI=1S/C12H20N2O3/c1-8(2)7-17-12(16)14-9-3-4-10(14)6-13-11(15)5-9/h8-10H,3-7H2,1-2H3,(H,13,15)/t9-,10+/m1/s1. The molecule has 2 atom stereocenters. The van der Waals surface area contributed by atoms with E-state index in [0.29, 0.717) is 25.5 Å². The van der Waals surface area contributed by atoms with E-state index in [1.807, 2.05) is 13.8 Å². The number of hydrogen-bond donors (Lipinski definition) is 1. The molecular formula is C12H20N2O3. The summed E-state index contributed by atoms with van der Waals surface area (Å²) in [6.07, 6.45) is 2.02. The number of fused-ring (bicyclic) bond motifs is 2. The monoisotopic (exact) mass is 240 g/mol. The van der Waals surface area contributed by atoms with Crippen LogP contribution in [0.3, 0.4) is 0 Å². The predicted molar refractivity (Wildman–Crippen MR) is 62.5 cm³/mol. The maximum atomic E-state index is 12.0. The fraction of sp³-hybridized carbons (Fsp3) is 0.833. The van der Waals surface area contributed by atoms with Crippen molar-refractivity contribution in [2.75, 3.05) is 13.2 Å². The average molecular weight is 240 g/mol. The third-order valence-electron chi connectivity index (χ3n) is 3.33. The lowest BCUT2D eigenvalue weighted by Gasteiger charge is -2.26. The Bertz CT molecular complexity index is 317. The Labute approximate surface area is 101 Å². The summed E-state index contributed by atoms with van der Waals surface area (Å²) >= 11 is 0. The Hall–Kier alpha value is -1.26. The second-order valence-corrected chi connectivity index (χ2v) is 5.27. The molecule has 17 heavy (non-hydrogen) atoms. The maximum Gasteiger partial charge on any atom is 0.410 e. The van der Waals surface area contributed by atoms with Crippen molar-refractivity contribution in [2.45, 2.75) is 45.2 Å². The molecule has 2 heterocycles. The molecule has 0 unspecified atom stereocenters. The molecule has 5 heteroatoms. The molecule has 0 saturated carbocycles. The summed E-state index contributed by atoms with van der Waals surface area (Å²) in [7, 11) is 0. The molecule has 2 saturated heterocycles. The van der Waals surface area contributed by atoms with Crippen molar-refractivity contribution < 1.29 is 14.3 Å². The van der Waals surface area contributed by atoms with Crippen molar-refractivity contribution in [2.24, 2.45) is 5.92 Å². The van der Waals surface area contributed by atoms with Crippen molar-refractivity contribution in [3.05, 3.63) is 0 Å². The number of amides is 2. The third-order valence-corrected chi connectivity index (χ3v) is 3.33. The number of rotatable bonds is 2. The van der Waals surface area contributed by atoms with Crippen LogP contribution in [0.2, 0.25) is 0 Å². The van der Waals surface area contributed by atoms with Gasteiger partial charge in [-0.1, -0.05) is 13.8 Å². The van der Waals surface area contributed by atoms with Crippen LogP contribution < -0.4 is 5.32 Å². The lowest BCUT2D eigenvalue weighted by Crippen LogP contribution is -2.43. The second kappa shape index (κ2) is 4.94. The fourth-order valence-corrected chi connectivity index (χ4v) is 2.49. The zero-order chi connectivity index (χ0) is 12.4. The van der Waals surface area contributed by atoms with Gasteiger partial charge in [0.2, 0.25) is 5.91 Å². The van der Waals surface area contributed by atoms with E-state index in [9.17, 15) is 9.59 Å². The number of nitrogens with zero attached hydrogens (tertiary/aromatic N) is 1. The topological polar surface area (TPSA) is 58.6 Å². The molecule has 2 aliphatic heterocycles. The Kier molecular flexibility index (Phi) is 3.54. The number of carbonyl (C=O) groups is 2. The van der Waals surface area contributed by atoms with E-state index in [1.165, 1.54) is 0 Å². The van der Waals surface area contributed by atoms with Gasteiger partial charge in [-0.25, -0.2) is 4.79 Å². The van der Waals surface area contributed by atoms with Crippen LogP contribution in [0, 0.1) is 5.92 Å². The summed E-state index contributed by atoms with van der Waals surface area (Å²) < 4.78 is 5.26. The first-order chi connectivity index (χ1) is 8.08. The van der Waals surface area contributed by atoms with Gasteiger partial charge in [0.05, 0.1) is 12.6 Å². The minimum Gasteiger partial charge on any atom is -0.449 e. The van der Waals surface area contributed by atoms with E-state index in [4.69, 9.17) is 4.74 Å². The molecule has 1 N–H and O–H groups in total. The van der Waals surface area contributed by atoms with Crippen LogP contribution in [-0.4, -0.2) is 42.1 Å². The largest absolute Gasteiger partial charge is 0.449 e. The van der Waals surface area contributed by atoms with Gasteiger partial charge in [-0.2, -0.15) is 0 Å². The molecule has 2 fully saturated rings. The first-order valence-corrected chi connectivity index (χ1v) is 6.29. The number of carbonyl (C=O) groups excluding carboxylic acids is 2. The summed E-state index contributed by atoms with van der Waals surface area (Å²) in [6.45, 7) is 5.02. The van der Waals surface area contributed by atoms with Crippen LogP contribution in [0.5, 0.6) is 0 Å². The van der Waals surface area contributed by atoms with E-state index >= 15 is 0 Å². The highest BCUT2D eigenvalue weighted by Gasteiger charge is 2.41. The Morgan fingerprint density at radius 2 is 2.18 bits per heavy atom. The predicted octanol–water partition coefficient (Wildman–Crippen LogP) is 1.13. The third kappa shape index (κ3) is 2.70. The average Bonchev–Trinajstić information content (AvgIpc) is 2.56. The molecule has 0 aromatic rings. The second-order valence-electron chi connectivity index (χ2n) is 5.27. The quantitative estimate of drug-likeness (QED) is 0.787. The van der Waals surface area contributed by atoms with Crippen LogP contribution in [-0.2, 0) is 9.53 Å². The summed E-state index contributed by atoms with van der Waals surface area (Å²) in [4.78, 5) is 25.2. The van der Waals surface area contributed by atoms with Crippen molar-refractivity contribution in [1.29, 1.82) is 0 Å². The minimum atomic E-state index is -0.261. The zero-order valence-corrected chi connectivity index (χ0v) is 10.4. The molecule has 96 valence electrons. The molecule has 0 radical (unpaired) electrons. The SMILES string of the molecule is CC(C)COC(=O)N1[C@@H]2CC[C@H]1CNC(=O)C2. The molecule has 0 spiro atoms. The van der Waals surface area contributed by atoms with E-state index in [2.05, 4.69) is 5.32 Å². The molecular weight excluding hydrogens is 220 g/mol. The Balaban J connectivity index is 1.99. The Morgan fingerprint density at radius 1 is 1.47 bits per heavy atom. The lowest BCUT2D eigenvalue weighted by atomic mass is 10.1. The van der Waals surface area contributed by atoms with Crippen molar-refractivity contribution in [3.8, 4) is 0 Å². The van der Waals surface area contributed by atoms with Gasteiger partial charge in [0, 0.05) is 19.0 Å². The van der Waals surface area contributed by atoms with Gasteiger partial charge in [-0.05, 0) is 18.8 Å². The molecule has 2 amide bonds. The van der Waals surface area contributed by atoms with E-state index in [1.54, 1.807) is 4.90 Å². The summed E-state index contributed by atoms with van der Waals surface area (Å²) in [5.74, 6) is 0.377. The van der Waals surface area contributed by atoms with Crippen molar-refractivity contribution in [3.63, 3.8) is 0 Å². The van der Waals surface area contributed by atoms with E-state index in [0.717, 1.165) is 12.8 Å². The normalized spacial score (nSPS) is 27.9. The van der Waals surface area contributed by atoms with Gasteiger partial charge in [0.25, 0.3) is 0 Å². The summed E-state index contributed by atoms with van der Waals surface area (Å²) in [5.41, 5.74) is 0. The van der Waals surface area contributed by atoms with E-state index < -0.39 is 0 Å². The van der Waals surface area contributed by atoms with E-state index in [-0.39, 0.29) is 24.1 Å². The molecule has 0 aliphatic carbocycles. The molecule has 2 bridgehead atoms. The molecule has 0 aromatic carbocycles. The highest BCUT2D eigenvalue weighted by Crippen LogP contribution is 2.28. The van der Waals surface area contributed by atoms with Crippen molar-refractivity contribution >= 4 is 12.0 Å².